The van der Waals surface area contributed by atoms with Crippen LogP contribution in [-0.2, 0) is 11.2 Å². The topological polar surface area (TPSA) is 96.5 Å². The second-order valence-electron chi connectivity index (χ2n) is 9.04. The number of fused-ring (bicyclic) bond motifs is 1. The summed E-state index contributed by atoms with van der Waals surface area (Å²) in [6.45, 7) is 1.98. The highest BCUT2D eigenvalue weighted by Gasteiger charge is 2.27. The van der Waals surface area contributed by atoms with E-state index in [0.29, 0.717) is 5.89 Å². The number of rotatable bonds is 5. The van der Waals surface area contributed by atoms with Crippen LogP contribution in [-0.4, -0.2) is 45.9 Å². The van der Waals surface area contributed by atoms with Crippen LogP contribution >= 0.6 is 0 Å². The minimum atomic E-state index is -0.851. The molecule has 0 amide bonds. The van der Waals surface area contributed by atoms with Crippen LogP contribution in [0.2, 0.25) is 0 Å². The van der Waals surface area contributed by atoms with Gasteiger partial charge in [-0.3, -0.25) is 14.8 Å². The molecule has 0 aliphatic carbocycles. The molecule has 2 aromatic heterocycles. The van der Waals surface area contributed by atoms with Crippen LogP contribution < -0.4 is 10.2 Å². The van der Waals surface area contributed by atoms with Crippen LogP contribution in [0.1, 0.15) is 36.0 Å². The highest BCUT2D eigenvalue weighted by molar-refractivity contribution is 6.16. The molecule has 1 saturated heterocycles. The van der Waals surface area contributed by atoms with E-state index in [1.165, 1.54) is 6.42 Å². The molecule has 4 aromatic rings. The van der Waals surface area contributed by atoms with Crippen LogP contribution in [0.25, 0.3) is 11.5 Å². The third-order valence-corrected chi connectivity index (χ3v) is 6.66. The standard InChI is InChI=1S/C28H26N6O2/c35-24-17-20-11-5-6-12-21(20)25(19-9-3-1-4-10-19)30-26(24)31-28-33-32-27(36-28)22-18-29-14-13-23(22)34-15-7-2-8-16-34/h1,3-6,9-14,18,26H,2,7-8,15-17H2,(H,31,33). The van der Waals surface area contributed by atoms with E-state index in [1.807, 2.05) is 60.7 Å². The number of nitrogens with one attached hydrogen (secondary N) is 1. The molecule has 2 aliphatic heterocycles. The summed E-state index contributed by atoms with van der Waals surface area (Å²) in [6.07, 6.45) is 6.51. The van der Waals surface area contributed by atoms with E-state index in [-0.39, 0.29) is 18.2 Å². The number of carbonyl (C=O) groups excluding carboxylic acids is 1. The number of Topliss-reactive ketones (excluding diaryl/α,β-unsaturated/α-hetero) is 1. The Morgan fingerprint density at radius 3 is 2.56 bits per heavy atom. The van der Waals surface area contributed by atoms with Gasteiger partial charge in [0, 0.05) is 43.0 Å². The maximum absolute atomic E-state index is 13.2. The van der Waals surface area contributed by atoms with E-state index in [2.05, 4.69) is 25.4 Å². The first-order chi connectivity index (χ1) is 17.8. The number of piperidine rings is 1. The van der Waals surface area contributed by atoms with Crippen molar-refractivity contribution >= 4 is 23.2 Å². The molecular weight excluding hydrogens is 452 g/mol. The molecule has 0 spiro atoms. The monoisotopic (exact) mass is 478 g/mol. The first-order valence-corrected chi connectivity index (χ1v) is 12.3. The molecule has 1 fully saturated rings. The SMILES string of the molecule is O=C1Cc2ccccc2C(c2ccccc2)=NC1Nc1nnc(-c2cnccc2N2CCCCC2)o1. The van der Waals surface area contributed by atoms with E-state index in [1.54, 1.807) is 12.4 Å². The Balaban J connectivity index is 1.32. The quantitative estimate of drug-likeness (QED) is 0.450. The fourth-order valence-corrected chi connectivity index (χ4v) is 4.87. The number of benzene rings is 2. The number of carbonyl (C=O) groups is 1. The molecule has 1 N–H and O–H groups in total. The van der Waals surface area contributed by atoms with Crippen molar-refractivity contribution in [3.05, 3.63) is 89.7 Å². The molecule has 6 rings (SSSR count). The first kappa shape index (κ1) is 22.2. The minimum Gasteiger partial charge on any atom is -0.403 e. The van der Waals surface area contributed by atoms with Gasteiger partial charge in [0.05, 0.1) is 17.0 Å². The fourth-order valence-electron chi connectivity index (χ4n) is 4.87. The summed E-state index contributed by atoms with van der Waals surface area (Å²) >= 11 is 0. The summed E-state index contributed by atoms with van der Waals surface area (Å²) in [6, 6.07) is 19.9. The van der Waals surface area contributed by atoms with Crippen molar-refractivity contribution in [2.45, 2.75) is 31.8 Å². The second kappa shape index (κ2) is 9.73. The summed E-state index contributed by atoms with van der Waals surface area (Å²) in [7, 11) is 0. The fraction of sp³-hybridized carbons (Fsp3) is 0.250. The average Bonchev–Trinajstić information content (AvgIpc) is 3.35. The number of nitrogens with zero attached hydrogens (tertiary/aromatic N) is 5. The zero-order valence-electron chi connectivity index (χ0n) is 19.8. The van der Waals surface area contributed by atoms with E-state index >= 15 is 0 Å². The number of anilines is 2. The number of pyridine rings is 1. The van der Waals surface area contributed by atoms with Gasteiger partial charge in [0.15, 0.2) is 11.9 Å². The Hall–Kier alpha value is -4.33. The molecular formula is C28H26N6O2. The predicted octanol–water partition coefficient (Wildman–Crippen LogP) is 4.52. The molecule has 2 aromatic carbocycles. The first-order valence-electron chi connectivity index (χ1n) is 12.3. The number of hydrogen-bond donors (Lipinski definition) is 1. The van der Waals surface area contributed by atoms with Gasteiger partial charge in [-0.25, -0.2) is 0 Å². The van der Waals surface area contributed by atoms with Gasteiger partial charge >= 0.3 is 6.01 Å². The smallest absolute Gasteiger partial charge is 0.317 e. The van der Waals surface area contributed by atoms with Crippen molar-refractivity contribution in [2.24, 2.45) is 4.99 Å². The van der Waals surface area contributed by atoms with Gasteiger partial charge in [0.2, 0.25) is 0 Å². The summed E-state index contributed by atoms with van der Waals surface area (Å²) in [5, 5.41) is 11.5. The molecule has 4 heterocycles. The zero-order chi connectivity index (χ0) is 24.3. The normalized spacial score (nSPS) is 17.8. The van der Waals surface area contributed by atoms with Gasteiger partial charge in [-0.15, -0.1) is 5.10 Å². The Morgan fingerprint density at radius 2 is 1.69 bits per heavy atom. The van der Waals surface area contributed by atoms with Crippen LogP contribution in [0.3, 0.4) is 0 Å². The van der Waals surface area contributed by atoms with Crippen molar-refractivity contribution in [3.63, 3.8) is 0 Å². The molecule has 0 radical (unpaired) electrons. The van der Waals surface area contributed by atoms with Gasteiger partial charge in [-0.05, 0) is 30.9 Å². The van der Waals surface area contributed by atoms with Crippen LogP contribution in [0.4, 0.5) is 11.7 Å². The molecule has 2 aliphatic rings. The lowest BCUT2D eigenvalue weighted by Gasteiger charge is -2.29. The Bertz CT molecular complexity index is 1410. The maximum Gasteiger partial charge on any atom is 0.317 e. The largest absolute Gasteiger partial charge is 0.403 e. The predicted molar refractivity (Wildman–Crippen MR) is 138 cm³/mol. The van der Waals surface area contributed by atoms with Crippen molar-refractivity contribution in [3.8, 4) is 11.5 Å². The molecule has 8 nitrogen and oxygen atoms in total. The molecule has 1 unspecified atom stereocenters. The van der Waals surface area contributed by atoms with Gasteiger partial charge in [-0.1, -0.05) is 59.7 Å². The number of hydrogen-bond acceptors (Lipinski definition) is 8. The van der Waals surface area contributed by atoms with Gasteiger partial charge in [0.25, 0.3) is 5.89 Å². The lowest BCUT2D eigenvalue weighted by molar-refractivity contribution is -0.119. The van der Waals surface area contributed by atoms with E-state index in [0.717, 1.165) is 59.6 Å². The molecule has 36 heavy (non-hydrogen) atoms. The maximum atomic E-state index is 13.2. The molecule has 0 saturated carbocycles. The number of aliphatic imine (C=N–C) groups is 1. The third-order valence-electron chi connectivity index (χ3n) is 6.66. The van der Waals surface area contributed by atoms with Crippen molar-refractivity contribution in [1.82, 2.24) is 15.2 Å². The van der Waals surface area contributed by atoms with Gasteiger partial charge in [0.1, 0.15) is 0 Å². The molecule has 180 valence electrons. The van der Waals surface area contributed by atoms with E-state index < -0.39 is 6.17 Å². The average molecular weight is 479 g/mol. The van der Waals surface area contributed by atoms with E-state index in [4.69, 9.17) is 9.41 Å². The van der Waals surface area contributed by atoms with Crippen molar-refractivity contribution in [2.75, 3.05) is 23.3 Å². The molecule has 1 atom stereocenters. The highest BCUT2D eigenvalue weighted by atomic mass is 16.4. The zero-order valence-corrected chi connectivity index (χ0v) is 19.8. The third kappa shape index (κ3) is 4.37. The van der Waals surface area contributed by atoms with Crippen LogP contribution in [0.5, 0.6) is 0 Å². The van der Waals surface area contributed by atoms with Crippen LogP contribution in [0, 0.1) is 0 Å². The molecule has 8 heteroatoms. The summed E-state index contributed by atoms with van der Waals surface area (Å²) in [5.41, 5.74) is 5.42. The summed E-state index contributed by atoms with van der Waals surface area (Å²) in [4.78, 5) is 24.7. The van der Waals surface area contributed by atoms with Crippen LogP contribution in [0.15, 0.2) is 82.5 Å². The molecule has 0 bridgehead atoms. The Morgan fingerprint density at radius 1 is 0.889 bits per heavy atom. The Labute approximate surface area is 209 Å². The highest BCUT2D eigenvalue weighted by Crippen LogP contribution is 2.32. The lowest BCUT2D eigenvalue weighted by atomic mass is 9.96. The van der Waals surface area contributed by atoms with Gasteiger partial charge < -0.3 is 14.6 Å². The van der Waals surface area contributed by atoms with Crippen molar-refractivity contribution < 1.29 is 9.21 Å². The number of ketones is 1. The number of aromatic nitrogens is 3. The second-order valence-corrected chi connectivity index (χ2v) is 9.04. The summed E-state index contributed by atoms with van der Waals surface area (Å²) in [5.74, 6) is 0.298. The summed E-state index contributed by atoms with van der Waals surface area (Å²) < 4.78 is 5.99. The van der Waals surface area contributed by atoms with Crippen molar-refractivity contribution in [1.29, 1.82) is 0 Å². The minimum absolute atomic E-state index is 0.0662. The van der Waals surface area contributed by atoms with Gasteiger partial charge in [-0.2, -0.15) is 0 Å². The Kier molecular flexibility index (Phi) is 5.99. The van der Waals surface area contributed by atoms with E-state index in [9.17, 15) is 4.79 Å². The lowest BCUT2D eigenvalue weighted by Crippen LogP contribution is -2.29.